The molecule has 1 unspecified atom stereocenters. The van der Waals surface area contributed by atoms with Gasteiger partial charge in [-0.2, -0.15) is 0 Å². The highest BCUT2D eigenvalue weighted by molar-refractivity contribution is 9.10. The van der Waals surface area contributed by atoms with Gasteiger partial charge in [0.25, 0.3) is 5.91 Å². The van der Waals surface area contributed by atoms with E-state index in [1.54, 1.807) is 24.0 Å². The molecule has 1 N–H and O–H groups in total. The van der Waals surface area contributed by atoms with Crippen LogP contribution in [-0.2, 0) is 16.6 Å². The smallest absolute Gasteiger partial charge is 0.250 e. The monoisotopic (exact) mass is 316 g/mol. The molecule has 5 nitrogen and oxygen atoms in total. The van der Waals surface area contributed by atoms with E-state index in [1.165, 1.54) is 0 Å². The van der Waals surface area contributed by atoms with Crippen molar-refractivity contribution in [3.05, 3.63) is 27.1 Å². The second-order valence-corrected chi connectivity index (χ2v) is 4.95. The molecule has 1 heterocycles. The van der Waals surface area contributed by atoms with Crippen molar-refractivity contribution in [2.45, 2.75) is 26.4 Å². The molecule has 0 spiro atoms. The van der Waals surface area contributed by atoms with E-state index < -0.39 is 0 Å². The molecule has 0 bridgehead atoms. The lowest BCUT2D eigenvalue weighted by Crippen LogP contribution is -2.25. The van der Waals surface area contributed by atoms with E-state index in [1.807, 2.05) is 13.8 Å². The summed E-state index contributed by atoms with van der Waals surface area (Å²) < 4.78 is 7.39. The predicted octanol–water partition coefficient (Wildman–Crippen LogP) is 1.90. The Morgan fingerprint density at radius 3 is 2.83 bits per heavy atom. The summed E-state index contributed by atoms with van der Waals surface area (Å²) in [7, 11) is 1.77. The average molecular weight is 317 g/mol. The molecule has 0 fully saturated rings. The number of carbonyl (C=O) groups is 1. The Hall–Kier alpha value is -1.14. The van der Waals surface area contributed by atoms with Gasteiger partial charge in [0, 0.05) is 19.4 Å². The third-order valence-corrected chi connectivity index (χ3v) is 3.02. The Kier molecular flexibility index (Phi) is 5.55. The molecule has 0 aromatic carbocycles. The van der Waals surface area contributed by atoms with E-state index in [4.69, 9.17) is 4.74 Å². The average Bonchev–Trinajstić information content (AvgIpc) is 2.32. The maximum Gasteiger partial charge on any atom is 0.250 e. The minimum Gasteiger partial charge on any atom is -0.369 e. The first-order valence-corrected chi connectivity index (χ1v) is 6.50. The molecule has 1 atom stereocenters. The number of pyridine rings is 1. The second-order valence-electron chi connectivity index (χ2n) is 4.09. The summed E-state index contributed by atoms with van der Waals surface area (Å²) >= 11 is 3.14. The van der Waals surface area contributed by atoms with Crippen LogP contribution < -0.4 is 10.7 Å². The number of nitrogens with one attached hydrogen (secondary N) is 1. The van der Waals surface area contributed by atoms with Gasteiger partial charge in [0.2, 0.25) is 5.43 Å². The van der Waals surface area contributed by atoms with E-state index in [0.29, 0.717) is 4.47 Å². The van der Waals surface area contributed by atoms with Gasteiger partial charge in [0.1, 0.15) is 12.3 Å². The standard InChI is InChI=1S/C12H17BrN2O3/c1-4-8(2)18-7-11(16)14-10-6-15(3)5-9(13)12(10)17/h5-6,8H,4,7H2,1-3H3,(H,14,16). The molecular formula is C12H17BrN2O3. The minimum absolute atomic E-state index is 0.0288. The van der Waals surface area contributed by atoms with Gasteiger partial charge in [-0.3, -0.25) is 9.59 Å². The summed E-state index contributed by atoms with van der Waals surface area (Å²) in [6.45, 7) is 3.82. The molecule has 0 saturated carbocycles. The summed E-state index contributed by atoms with van der Waals surface area (Å²) in [4.78, 5) is 23.3. The highest BCUT2D eigenvalue weighted by Crippen LogP contribution is 2.07. The number of halogens is 1. The number of carbonyl (C=O) groups excluding carboxylic acids is 1. The zero-order chi connectivity index (χ0) is 13.7. The molecule has 0 aliphatic heterocycles. The van der Waals surface area contributed by atoms with Gasteiger partial charge in [-0.15, -0.1) is 0 Å². The van der Waals surface area contributed by atoms with Gasteiger partial charge < -0.3 is 14.6 Å². The molecule has 18 heavy (non-hydrogen) atoms. The summed E-state index contributed by atoms with van der Waals surface area (Å²) in [5.41, 5.74) is -0.00498. The van der Waals surface area contributed by atoms with Crippen molar-refractivity contribution in [1.29, 1.82) is 0 Å². The van der Waals surface area contributed by atoms with E-state index in [2.05, 4.69) is 21.2 Å². The van der Waals surface area contributed by atoms with Crippen LogP contribution in [-0.4, -0.2) is 23.2 Å². The number of amides is 1. The minimum atomic E-state index is -0.328. The Labute approximate surface area is 114 Å². The Balaban J connectivity index is 2.68. The maximum atomic E-state index is 11.7. The molecule has 1 rings (SSSR count). The molecule has 0 aliphatic rings. The summed E-state index contributed by atoms with van der Waals surface area (Å²) in [6.07, 6.45) is 4.06. The van der Waals surface area contributed by atoms with Crippen molar-refractivity contribution in [2.24, 2.45) is 7.05 Å². The van der Waals surface area contributed by atoms with Gasteiger partial charge >= 0.3 is 0 Å². The van der Waals surface area contributed by atoms with Crippen molar-refractivity contribution in [2.75, 3.05) is 11.9 Å². The van der Waals surface area contributed by atoms with E-state index >= 15 is 0 Å². The first-order chi connectivity index (χ1) is 8.43. The number of ether oxygens (including phenoxy) is 1. The lowest BCUT2D eigenvalue weighted by atomic mass is 10.3. The SMILES string of the molecule is CCC(C)OCC(=O)Nc1cn(C)cc(Br)c1=O. The topological polar surface area (TPSA) is 60.3 Å². The molecule has 0 aliphatic carbocycles. The quantitative estimate of drug-likeness (QED) is 0.902. The first-order valence-electron chi connectivity index (χ1n) is 5.71. The Morgan fingerprint density at radius 1 is 1.56 bits per heavy atom. The van der Waals surface area contributed by atoms with Crippen LogP contribution in [0, 0.1) is 0 Å². The van der Waals surface area contributed by atoms with Gasteiger partial charge in [-0.25, -0.2) is 0 Å². The number of anilines is 1. The van der Waals surface area contributed by atoms with E-state index in [9.17, 15) is 9.59 Å². The van der Waals surface area contributed by atoms with Gasteiger partial charge in [0.05, 0.1) is 10.6 Å². The van der Waals surface area contributed by atoms with Crippen LogP contribution >= 0.6 is 15.9 Å². The van der Waals surface area contributed by atoms with Crippen LogP contribution in [0.2, 0.25) is 0 Å². The fraction of sp³-hybridized carbons (Fsp3) is 0.500. The first kappa shape index (κ1) is 14.9. The van der Waals surface area contributed by atoms with Crippen LogP contribution in [0.25, 0.3) is 0 Å². The zero-order valence-corrected chi connectivity index (χ0v) is 12.3. The molecule has 6 heteroatoms. The molecular weight excluding hydrogens is 300 g/mol. The van der Waals surface area contributed by atoms with E-state index in [0.717, 1.165) is 6.42 Å². The fourth-order valence-electron chi connectivity index (χ4n) is 1.28. The molecule has 1 aromatic heterocycles. The van der Waals surface area contributed by atoms with Crippen molar-refractivity contribution in [3.63, 3.8) is 0 Å². The van der Waals surface area contributed by atoms with Gasteiger partial charge in [0.15, 0.2) is 0 Å². The van der Waals surface area contributed by atoms with Crippen LogP contribution in [0.1, 0.15) is 20.3 Å². The number of nitrogens with zero attached hydrogens (tertiary/aromatic N) is 1. The van der Waals surface area contributed by atoms with Crippen molar-refractivity contribution in [3.8, 4) is 0 Å². The third kappa shape index (κ3) is 4.27. The summed E-state index contributed by atoms with van der Waals surface area (Å²) in [6, 6.07) is 0. The normalized spacial score (nSPS) is 12.2. The van der Waals surface area contributed by atoms with E-state index in [-0.39, 0.29) is 29.7 Å². The van der Waals surface area contributed by atoms with Crippen molar-refractivity contribution in [1.82, 2.24) is 4.57 Å². The predicted molar refractivity (Wildman–Crippen MR) is 73.7 cm³/mol. The van der Waals surface area contributed by atoms with Gasteiger partial charge in [-0.1, -0.05) is 6.92 Å². The third-order valence-electron chi connectivity index (χ3n) is 2.46. The molecule has 0 radical (unpaired) electrons. The molecule has 1 aromatic rings. The van der Waals surface area contributed by atoms with Crippen LogP contribution in [0.5, 0.6) is 0 Å². The van der Waals surface area contributed by atoms with Crippen molar-refractivity contribution >= 4 is 27.5 Å². The van der Waals surface area contributed by atoms with Gasteiger partial charge in [-0.05, 0) is 29.3 Å². The number of rotatable bonds is 5. The summed E-state index contributed by atoms with van der Waals surface area (Å²) in [5, 5.41) is 2.54. The molecule has 100 valence electrons. The summed E-state index contributed by atoms with van der Waals surface area (Å²) in [5.74, 6) is -0.328. The number of hydrogen-bond donors (Lipinski definition) is 1. The highest BCUT2D eigenvalue weighted by atomic mass is 79.9. The highest BCUT2D eigenvalue weighted by Gasteiger charge is 2.10. The van der Waals surface area contributed by atoms with Crippen LogP contribution in [0.15, 0.2) is 21.7 Å². The number of aromatic nitrogens is 1. The maximum absolute atomic E-state index is 11.7. The number of hydrogen-bond acceptors (Lipinski definition) is 3. The zero-order valence-electron chi connectivity index (χ0n) is 10.7. The molecule has 0 saturated heterocycles. The lowest BCUT2D eigenvalue weighted by molar-refractivity contribution is -0.122. The number of aryl methyl sites for hydroxylation is 1. The van der Waals surface area contributed by atoms with Crippen LogP contribution in [0.3, 0.4) is 0 Å². The Morgan fingerprint density at radius 2 is 2.22 bits per heavy atom. The van der Waals surface area contributed by atoms with Crippen molar-refractivity contribution < 1.29 is 9.53 Å². The lowest BCUT2D eigenvalue weighted by Gasteiger charge is -2.11. The largest absolute Gasteiger partial charge is 0.369 e. The second kappa shape index (κ2) is 6.70. The fourth-order valence-corrected chi connectivity index (χ4v) is 1.81. The Bertz CT molecular complexity index is 485. The van der Waals surface area contributed by atoms with Crippen LogP contribution in [0.4, 0.5) is 5.69 Å². The molecule has 1 amide bonds.